The minimum absolute atomic E-state index is 0.707. The number of ether oxygens (including phenoxy) is 1. The average molecular weight is 660 g/mol. The summed E-state index contributed by atoms with van der Waals surface area (Å²) in [4.78, 5) is 19.3. The summed E-state index contributed by atoms with van der Waals surface area (Å²) in [6.07, 6.45) is 23.4. The second-order valence-electron chi connectivity index (χ2n) is 13.3. The highest BCUT2D eigenvalue weighted by Crippen LogP contribution is 2.33. The van der Waals surface area contributed by atoms with Crippen molar-refractivity contribution in [2.24, 2.45) is 10.9 Å². The number of aliphatic imine (C=N–C) groups is 1. The topological polar surface area (TPSA) is 45.1 Å². The van der Waals surface area contributed by atoms with Gasteiger partial charge >= 0.3 is 0 Å². The number of quaternary nitrogens is 1. The summed E-state index contributed by atoms with van der Waals surface area (Å²) in [5.41, 5.74) is 4.41. The molecule has 274 valence electrons. The third kappa shape index (κ3) is 22.9. The molecule has 6 nitrogen and oxygen atoms in total. The fraction of sp³-hybridized carbons (Fsp3) is 0.756. The number of hydrogen-bond acceptors (Lipinski definition) is 4. The van der Waals surface area contributed by atoms with E-state index in [0.717, 1.165) is 88.1 Å². The maximum atomic E-state index is 10.7. The Morgan fingerprint density at radius 1 is 0.979 bits per heavy atom. The Hall–Kier alpha value is -2.18. The molecule has 0 aromatic carbocycles. The summed E-state index contributed by atoms with van der Waals surface area (Å²) in [6, 6.07) is 0.725. The molecule has 0 N–H and O–H groups in total. The number of carbonyl (C=O) groups excluding carboxylic acids is 1. The van der Waals surface area contributed by atoms with Crippen molar-refractivity contribution >= 4 is 12.1 Å². The van der Waals surface area contributed by atoms with E-state index in [-0.39, 0.29) is 0 Å². The SMILES string of the molecule is CC.CC.CCC.CCC1=NC=CC1.CCCCN(C=O)CCC[N+](C)(C)C.CCN1CC(C2=C/C=C3\CC/C(=C\2)CCO3)CC1C. The lowest BCUT2D eigenvalue weighted by molar-refractivity contribution is -0.870. The van der Waals surface area contributed by atoms with E-state index in [1.54, 1.807) is 5.57 Å². The molecule has 3 aliphatic heterocycles. The van der Waals surface area contributed by atoms with Crippen molar-refractivity contribution < 1.29 is 14.0 Å². The Morgan fingerprint density at radius 3 is 2.13 bits per heavy atom. The molecular weight excluding hydrogens is 580 g/mol. The van der Waals surface area contributed by atoms with E-state index in [4.69, 9.17) is 4.74 Å². The molecule has 2 atom stereocenters. The first kappa shape index (κ1) is 46.9. The molecule has 2 fully saturated rings. The third-order valence-electron chi connectivity index (χ3n) is 8.16. The molecular formula is C41H79N4O2+. The molecule has 1 amide bonds. The summed E-state index contributed by atoms with van der Waals surface area (Å²) in [5.74, 6) is 1.89. The minimum atomic E-state index is 0.707. The van der Waals surface area contributed by atoms with Crippen LogP contribution >= 0.6 is 0 Å². The highest BCUT2D eigenvalue weighted by molar-refractivity contribution is 5.87. The van der Waals surface area contributed by atoms with E-state index < -0.39 is 0 Å². The number of amides is 1. The summed E-state index contributed by atoms with van der Waals surface area (Å²) in [5, 5.41) is 0. The molecule has 2 bridgehead atoms. The van der Waals surface area contributed by atoms with Crippen molar-refractivity contribution in [3.05, 3.63) is 47.4 Å². The van der Waals surface area contributed by atoms with Gasteiger partial charge in [0.1, 0.15) is 0 Å². The molecule has 2 unspecified atom stereocenters. The number of hydrogen-bond donors (Lipinski definition) is 0. The fourth-order valence-corrected chi connectivity index (χ4v) is 5.54. The Balaban J connectivity index is 0. The van der Waals surface area contributed by atoms with Crippen LogP contribution in [0.4, 0.5) is 0 Å². The van der Waals surface area contributed by atoms with Crippen LogP contribution in [0.15, 0.2) is 52.4 Å². The van der Waals surface area contributed by atoms with E-state index >= 15 is 0 Å². The molecule has 4 aliphatic rings. The fourth-order valence-electron chi connectivity index (χ4n) is 5.54. The van der Waals surface area contributed by atoms with Gasteiger partial charge in [0.15, 0.2) is 0 Å². The lowest BCUT2D eigenvalue weighted by atomic mass is 9.91. The van der Waals surface area contributed by atoms with Crippen molar-refractivity contribution in [1.29, 1.82) is 0 Å². The number of likely N-dealkylation sites (tertiary alicyclic amines) is 1. The predicted molar refractivity (Wildman–Crippen MR) is 209 cm³/mol. The largest absolute Gasteiger partial charge is 0.498 e. The number of unbranched alkanes of at least 4 members (excludes halogenated alkanes) is 1. The van der Waals surface area contributed by atoms with Crippen LogP contribution < -0.4 is 0 Å². The molecule has 3 heterocycles. The summed E-state index contributed by atoms with van der Waals surface area (Å²) in [7, 11) is 6.53. The zero-order chi connectivity index (χ0) is 36.1. The normalized spacial score (nSPS) is 22.8. The van der Waals surface area contributed by atoms with E-state index in [0.29, 0.717) is 5.92 Å². The molecule has 2 saturated heterocycles. The van der Waals surface area contributed by atoms with E-state index in [2.05, 4.69) is 96.9 Å². The van der Waals surface area contributed by atoms with Gasteiger partial charge in [-0.2, -0.15) is 0 Å². The van der Waals surface area contributed by atoms with Crippen molar-refractivity contribution in [3.8, 4) is 0 Å². The number of nitrogens with zero attached hydrogens (tertiary/aromatic N) is 4. The number of rotatable bonds is 11. The molecule has 1 aliphatic carbocycles. The summed E-state index contributed by atoms with van der Waals surface area (Å²) >= 11 is 0. The van der Waals surface area contributed by atoms with Gasteiger partial charge in [-0.1, -0.05) is 99.0 Å². The van der Waals surface area contributed by atoms with Crippen LogP contribution in [0.25, 0.3) is 0 Å². The quantitative estimate of drug-likeness (QED) is 0.164. The maximum absolute atomic E-state index is 10.7. The Labute approximate surface area is 293 Å². The van der Waals surface area contributed by atoms with Crippen LogP contribution in [0.1, 0.15) is 133 Å². The van der Waals surface area contributed by atoms with Gasteiger partial charge in [-0.15, -0.1) is 0 Å². The Kier molecular flexibility index (Phi) is 29.9. The second-order valence-corrected chi connectivity index (χ2v) is 13.3. The molecule has 0 aromatic heterocycles. The van der Waals surface area contributed by atoms with Gasteiger partial charge in [0.05, 0.1) is 40.1 Å². The zero-order valence-electron chi connectivity index (χ0n) is 33.5. The first-order valence-electron chi connectivity index (χ1n) is 19.3. The first-order chi connectivity index (χ1) is 22.6. The van der Waals surface area contributed by atoms with Gasteiger partial charge in [-0.05, 0) is 56.7 Å². The lowest BCUT2D eigenvalue weighted by Gasteiger charge is -2.25. The van der Waals surface area contributed by atoms with E-state index in [1.807, 2.05) is 38.8 Å². The average Bonchev–Trinajstić information content (AvgIpc) is 3.69. The van der Waals surface area contributed by atoms with E-state index in [1.165, 1.54) is 49.4 Å². The standard InChI is InChI=1S/C17H25NO.C11H25N2O.C6H9N.C3H8.2C2H6/c1-3-18-12-16(10-13(18)2)15-5-7-17-6-4-14(11-15)8-9-19-17;1-5-6-8-12(11-14)9-7-10-13(2,3)4;1-2-6-4-3-5-7-6;1-3-2;2*1-2/h5,7,11,13,16H,3-4,6,8-10,12H2,1-2H3;11H,5-10H2,1-4H3;3,5H,2,4H2,1H3;3H2,1-2H3;2*1-2H3/q;+1;;;;/b14-11+,15-5+,17-7+;;;;;. The number of fused-ring (bicyclic) bond motifs is 3. The van der Waals surface area contributed by atoms with Crippen LogP contribution in [-0.2, 0) is 9.53 Å². The van der Waals surface area contributed by atoms with Crippen molar-refractivity contribution in [2.45, 2.75) is 139 Å². The minimum Gasteiger partial charge on any atom is -0.498 e. The van der Waals surface area contributed by atoms with Gasteiger partial charge in [0, 0.05) is 63.3 Å². The van der Waals surface area contributed by atoms with Crippen LogP contribution in [0, 0.1) is 5.92 Å². The summed E-state index contributed by atoms with van der Waals surface area (Å²) < 4.78 is 6.77. The van der Waals surface area contributed by atoms with Gasteiger partial charge in [-0.3, -0.25) is 9.79 Å². The van der Waals surface area contributed by atoms with Crippen molar-refractivity contribution in [1.82, 2.24) is 9.80 Å². The highest BCUT2D eigenvalue weighted by Gasteiger charge is 2.29. The van der Waals surface area contributed by atoms with Crippen LogP contribution in [-0.4, -0.2) is 92.9 Å². The van der Waals surface area contributed by atoms with Crippen LogP contribution in [0.2, 0.25) is 0 Å². The monoisotopic (exact) mass is 660 g/mol. The van der Waals surface area contributed by atoms with Crippen molar-refractivity contribution in [3.63, 3.8) is 0 Å². The molecule has 0 spiro atoms. The molecule has 0 saturated carbocycles. The number of allylic oxidation sites excluding steroid dienone is 5. The highest BCUT2D eigenvalue weighted by atomic mass is 16.5. The molecule has 0 radical (unpaired) electrons. The Morgan fingerprint density at radius 2 is 1.64 bits per heavy atom. The van der Waals surface area contributed by atoms with Gasteiger partial charge in [0.2, 0.25) is 6.41 Å². The van der Waals surface area contributed by atoms with Crippen LogP contribution in [0.5, 0.6) is 0 Å². The Bertz CT molecular complexity index is 926. The molecule has 0 aromatic rings. The zero-order valence-corrected chi connectivity index (χ0v) is 33.5. The smallest absolute Gasteiger partial charge is 0.209 e. The first-order valence-corrected chi connectivity index (χ1v) is 19.3. The molecule has 47 heavy (non-hydrogen) atoms. The van der Waals surface area contributed by atoms with Crippen molar-refractivity contribution in [2.75, 3.05) is 60.5 Å². The predicted octanol–water partition coefficient (Wildman–Crippen LogP) is 10.2. The number of carbonyl (C=O) groups is 1. The van der Waals surface area contributed by atoms with Gasteiger partial charge in [0.25, 0.3) is 0 Å². The summed E-state index contributed by atoms with van der Waals surface area (Å²) in [6.45, 7) is 27.4. The van der Waals surface area contributed by atoms with Gasteiger partial charge < -0.3 is 19.0 Å². The van der Waals surface area contributed by atoms with Gasteiger partial charge in [-0.25, -0.2) is 0 Å². The second kappa shape index (κ2) is 29.9. The lowest BCUT2D eigenvalue weighted by Crippen LogP contribution is -2.37. The van der Waals surface area contributed by atoms with Crippen LogP contribution in [0.3, 0.4) is 0 Å². The molecule has 4 rings (SSSR count). The molecule has 6 heteroatoms. The maximum Gasteiger partial charge on any atom is 0.209 e. The third-order valence-corrected chi connectivity index (χ3v) is 8.16. The van der Waals surface area contributed by atoms with E-state index in [9.17, 15) is 4.79 Å².